The molecule has 5 heterocycles. The van der Waals surface area contributed by atoms with Crippen LogP contribution >= 0.6 is 23.1 Å². The number of thiazole rings is 1. The van der Waals surface area contributed by atoms with Gasteiger partial charge in [0.05, 0.1) is 17.2 Å². The highest BCUT2D eigenvalue weighted by Gasteiger charge is 2.53. The first kappa shape index (κ1) is 24.4. The molecule has 1 saturated heterocycles. The Balaban J connectivity index is 1.32. The molecule has 0 radical (unpaired) electrons. The van der Waals surface area contributed by atoms with Crippen molar-refractivity contribution in [2.45, 2.75) is 18.0 Å². The average molecular weight is 543 g/mol. The van der Waals surface area contributed by atoms with Crippen molar-refractivity contribution in [2.24, 2.45) is 5.16 Å². The highest BCUT2D eigenvalue weighted by molar-refractivity contribution is 8.00. The first-order chi connectivity index (χ1) is 17.9. The van der Waals surface area contributed by atoms with Gasteiger partial charge in [0.2, 0.25) is 12.3 Å². The number of hydrogen-bond acceptors (Lipinski definition) is 13. The highest BCUT2D eigenvalue weighted by Crippen LogP contribution is 2.40. The summed E-state index contributed by atoms with van der Waals surface area (Å²) in [6.07, 6.45) is 4.70. The van der Waals surface area contributed by atoms with Crippen molar-refractivity contribution in [3.05, 3.63) is 53.3 Å². The van der Waals surface area contributed by atoms with E-state index in [2.05, 4.69) is 25.7 Å². The number of aliphatic carboxylic acids is 1. The fourth-order valence-corrected chi connectivity index (χ4v) is 5.80. The number of β-lactam (4-membered cyclic amide) rings is 1. The molecule has 0 unspecified atom stereocenters. The molecule has 5 rings (SSSR count). The summed E-state index contributed by atoms with van der Waals surface area (Å²) in [4.78, 5) is 47.8. The van der Waals surface area contributed by atoms with Gasteiger partial charge in [0.25, 0.3) is 11.8 Å². The van der Waals surface area contributed by atoms with E-state index in [1.807, 2.05) is 0 Å². The van der Waals surface area contributed by atoms with E-state index in [1.165, 1.54) is 30.6 Å². The van der Waals surface area contributed by atoms with Crippen molar-refractivity contribution in [1.29, 1.82) is 0 Å². The lowest BCUT2D eigenvalue weighted by Gasteiger charge is -2.50. The molecule has 2 aliphatic rings. The van der Waals surface area contributed by atoms with Crippen LogP contribution in [0.2, 0.25) is 0 Å². The van der Waals surface area contributed by atoms with E-state index in [9.17, 15) is 19.5 Å². The normalized spacial score (nSPS) is 19.3. The Labute approximate surface area is 216 Å². The summed E-state index contributed by atoms with van der Waals surface area (Å²) in [7, 11) is 1.27. The summed E-state index contributed by atoms with van der Waals surface area (Å²) in [6, 6.07) is 2.54. The molecule has 1 fully saturated rings. The number of carboxylic acid groups (broad SMARTS) is 1. The molecule has 14 nitrogen and oxygen atoms in total. The Kier molecular flexibility index (Phi) is 6.58. The number of pyridine rings is 1. The Hall–Kier alpha value is -4.31. The zero-order valence-electron chi connectivity index (χ0n) is 19.1. The Morgan fingerprint density at radius 1 is 1.41 bits per heavy atom. The molecule has 2 atom stereocenters. The Morgan fingerprint density at radius 3 is 2.81 bits per heavy atom. The number of nitrogen functional groups attached to an aromatic ring is 1. The number of hydrogen-bond donors (Lipinski definition) is 2. The number of carbonyl (C=O) groups is 3. The minimum atomic E-state index is -1.47. The lowest BCUT2D eigenvalue weighted by atomic mass is 10.0. The molecule has 190 valence electrons. The third-order valence-corrected chi connectivity index (χ3v) is 7.57. The molecule has 3 aromatic heterocycles. The van der Waals surface area contributed by atoms with Crippen LogP contribution in [0.1, 0.15) is 5.69 Å². The van der Waals surface area contributed by atoms with E-state index < -0.39 is 29.2 Å². The number of amides is 2. The molecule has 3 N–H and O–H groups in total. The van der Waals surface area contributed by atoms with E-state index in [0.717, 1.165) is 16.2 Å². The second kappa shape index (κ2) is 9.98. The van der Waals surface area contributed by atoms with Gasteiger partial charge in [0.15, 0.2) is 29.8 Å². The summed E-state index contributed by atoms with van der Waals surface area (Å²) >= 11 is 2.45. The van der Waals surface area contributed by atoms with Gasteiger partial charge in [-0.1, -0.05) is 5.16 Å². The molecule has 3 aromatic rings. The summed E-state index contributed by atoms with van der Waals surface area (Å²) in [5, 5.41) is 27.0. The van der Waals surface area contributed by atoms with Crippen molar-refractivity contribution < 1.29 is 33.3 Å². The average Bonchev–Trinajstić information content (AvgIpc) is 3.58. The van der Waals surface area contributed by atoms with Crippen molar-refractivity contribution in [3.8, 4) is 11.5 Å². The van der Waals surface area contributed by atoms with Gasteiger partial charge in [-0.15, -0.1) is 33.3 Å². The molecular formula is C21H18N8O6S2. The number of nitrogens with one attached hydrogen (secondary N) is 1. The fourth-order valence-electron chi connectivity index (χ4n) is 3.92. The van der Waals surface area contributed by atoms with Gasteiger partial charge < -0.3 is 30.2 Å². The molecule has 2 aliphatic heterocycles. The monoisotopic (exact) mass is 542 g/mol. The van der Waals surface area contributed by atoms with Crippen LogP contribution in [0.15, 0.2) is 57.1 Å². The van der Waals surface area contributed by atoms with Gasteiger partial charge in [-0.2, -0.15) is 0 Å². The van der Waals surface area contributed by atoms with Gasteiger partial charge in [0, 0.05) is 28.8 Å². The maximum atomic E-state index is 13.0. The number of oxime groups is 1. The van der Waals surface area contributed by atoms with E-state index in [-0.39, 0.29) is 28.8 Å². The number of anilines is 1. The number of nitrogens with two attached hydrogens (primary N) is 1. The summed E-state index contributed by atoms with van der Waals surface area (Å²) < 4.78 is 6.93. The number of carboxylic acids is 1. The van der Waals surface area contributed by atoms with Crippen LogP contribution in [0.3, 0.4) is 0 Å². The summed E-state index contributed by atoms with van der Waals surface area (Å²) in [6.45, 7) is 0.212. The lowest BCUT2D eigenvalue weighted by molar-refractivity contribution is -0.689. The molecule has 37 heavy (non-hydrogen) atoms. The minimum absolute atomic E-state index is 0.153. The van der Waals surface area contributed by atoms with Gasteiger partial charge in [-0.05, 0) is 0 Å². The third-order valence-electron chi connectivity index (χ3n) is 5.56. The van der Waals surface area contributed by atoms with E-state index in [1.54, 1.807) is 29.1 Å². The van der Waals surface area contributed by atoms with Crippen LogP contribution in [0.25, 0.3) is 11.5 Å². The van der Waals surface area contributed by atoms with Crippen LogP contribution in [0.5, 0.6) is 0 Å². The standard InChI is InChI=1S/C21H18N8O6S2/c1-34-27-13(12-8-37-21(22)24-12)16(30)25-14-18(31)29-15(20(32)33)11(7-36-19(14)29)6-28-4-2-10(3-5-28)17-26-23-9-35-17/h2-5,8-9,14,19H,6-7H2,1H3,(H3-,22,24,25,30,32,33)/b27-13-/t14-,19-/m1/s1. The van der Waals surface area contributed by atoms with Crippen LogP contribution in [-0.4, -0.2) is 67.9 Å². The Bertz CT molecular complexity index is 1420. The number of nitrogens with zero attached hydrogens (tertiary/aromatic N) is 6. The summed E-state index contributed by atoms with van der Waals surface area (Å²) in [5.41, 5.74) is 6.68. The van der Waals surface area contributed by atoms with Crippen LogP contribution in [-0.2, 0) is 25.8 Å². The van der Waals surface area contributed by atoms with Crippen molar-refractivity contribution in [1.82, 2.24) is 25.4 Å². The number of fused-ring (bicyclic) bond motifs is 1. The molecule has 0 saturated carbocycles. The van der Waals surface area contributed by atoms with Crippen molar-refractivity contribution in [3.63, 3.8) is 0 Å². The zero-order chi connectivity index (χ0) is 26.1. The first-order valence-electron chi connectivity index (χ1n) is 10.6. The number of rotatable bonds is 8. The van der Waals surface area contributed by atoms with Gasteiger partial charge >= 0.3 is 0 Å². The fraction of sp³-hybridized carbons (Fsp3) is 0.238. The molecule has 2 amide bonds. The zero-order valence-corrected chi connectivity index (χ0v) is 20.7. The topological polar surface area (TPSA) is 193 Å². The Morgan fingerprint density at radius 2 is 2.19 bits per heavy atom. The second-order valence-corrected chi connectivity index (χ2v) is 9.79. The molecular weight excluding hydrogens is 524 g/mol. The molecule has 0 aromatic carbocycles. The van der Waals surface area contributed by atoms with Gasteiger partial charge in [0.1, 0.15) is 24.2 Å². The minimum Gasteiger partial charge on any atom is -0.543 e. The number of carbonyl (C=O) groups excluding carboxylic acids is 3. The summed E-state index contributed by atoms with van der Waals surface area (Å²) in [5.74, 6) is -2.08. The predicted octanol–water partition coefficient (Wildman–Crippen LogP) is -1.48. The van der Waals surface area contributed by atoms with Crippen molar-refractivity contribution >= 4 is 51.7 Å². The number of thioether (sulfide) groups is 1. The largest absolute Gasteiger partial charge is 0.543 e. The predicted molar refractivity (Wildman–Crippen MR) is 127 cm³/mol. The SMILES string of the molecule is CO/N=C(\C(=O)N[C@@H]1C(=O)N2C(C(=O)[O-])=C(C[n+]3ccc(-c4nnco4)cc3)CS[C@H]12)c1csc(N)n1. The van der Waals surface area contributed by atoms with E-state index in [4.69, 9.17) is 15.0 Å². The van der Waals surface area contributed by atoms with Crippen molar-refractivity contribution in [2.75, 3.05) is 18.6 Å². The molecule has 0 spiro atoms. The van der Waals surface area contributed by atoms with Gasteiger partial charge in [-0.3, -0.25) is 14.5 Å². The highest BCUT2D eigenvalue weighted by atomic mass is 32.2. The van der Waals surface area contributed by atoms with Crippen LogP contribution in [0, 0.1) is 0 Å². The first-order valence-corrected chi connectivity index (χ1v) is 12.6. The van der Waals surface area contributed by atoms with E-state index in [0.29, 0.717) is 22.8 Å². The van der Waals surface area contributed by atoms with E-state index >= 15 is 0 Å². The van der Waals surface area contributed by atoms with Crippen LogP contribution in [0.4, 0.5) is 5.13 Å². The molecule has 16 heteroatoms. The smallest absolute Gasteiger partial charge is 0.276 e. The molecule has 0 aliphatic carbocycles. The van der Waals surface area contributed by atoms with Gasteiger partial charge in [-0.25, -0.2) is 9.55 Å². The lowest BCUT2D eigenvalue weighted by Crippen LogP contribution is -2.71. The van der Waals surface area contributed by atoms with Crippen LogP contribution < -0.4 is 20.7 Å². The maximum Gasteiger partial charge on any atom is 0.276 e. The molecule has 0 bridgehead atoms. The quantitative estimate of drug-likeness (QED) is 0.146. The maximum absolute atomic E-state index is 13.0. The third kappa shape index (κ3) is 4.63. The second-order valence-electron chi connectivity index (χ2n) is 7.80. The number of aromatic nitrogens is 4.